The van der Waals surface area contributed by atoms with Crippen molar-refractivity contribution < 1.29 is 19.1 Å². The Morgan fingerprint density at radius 2 is 1.95 bits per heavy atom. The van der Waals surface area contributed by atoms with E-state index in [0.717, 1.165) is 0 Å². The zero-order chi connectivity index (χ0) is 15.5. The van der Waals surface area contributed by atoms with Crippen molar-refractivity contribution in [2.75, 3.05) is 19.1 Å². The normalized spacial score (nSPS) is 10.9. The third-order valence-corrected chi connectivity index (χ3v) is 2.66. The number of amides is 1. The summed E-state index contributed by atoms with van der Waals surface area (Å²) in [6, 6.07) is 1.54. The molecule has 0 aromatic carbocycles. The number of hydrogen-bond acceptors (Lipinski definition) is 5. The molecule has 0 aliphatic carbocycles. The highest BCUT2D eigenvalue weighted by molar-refractivity contribution is 9.10. The second kappa shape index (κ2) is 6.21. The number of pyridine rings is 1. The van der Waals surface area contributed by atoms with E-state index in [-0.39, 0.29) is 11.4 Å². The Morgan fingerprint density at radius 1 is 1.35 bits per heavy atom. The van der Waals surface area contributed by atoms with Crippen LogP contribution in [-0.4, -0.2) is 36.8 Å². The van der Waals surface area contributed by atoms with Crippen LogP contribution < -0.4 is 4.90 Å². The lowest BCUT2D eigenvalue weighted by Crippen LogP contribution is -2.35. The van der Waals surface area contributed by atoms with Crippen LogP contribution in [0.5, 0.6) is 0 Å². The summed E-state index contributed by atoms with van der Waals surface area (Å²) in [5.41, 5.74) is -0.457. The molecule has 0 spiro atoms. The number of aromatic nitrogens is 1. The minimum atomic E-state index is -0.633. The molecule has 0 aliphatic rings. The predicted molar refractivity (Wildman–Crippen MR) is 77.9 cm³/mol. The third-order valence-electron chi connectivity index (χ3n) is 2.22. The Kier molecular flexibility index (Phi) is 5.10. The molecule has 0 aliphatic heterocycles. The first-order valence-corrected chi connectivity index (χ1v) is 6.65. The van der Waals surface area contributed by atoms with Crippen molar-refractivity contribution in [3.8, 4) is 0 Å². The molecule has 110 valence electrons. The van der Waals surface area contributed by atoms with Gasteiger partial charge in [0.1, 0.15) is 11.2 Å². The fourth-order valence-electron chi connectivity index (χ4n) is 1.38. The summed E-state index contributed by atoms with van der Waals surface area (Å²) in [5, 5.41) is 0. The zero-order valence-corrected chi connectivity index (χ0v) is 13.6. The Balaban J connectivity index is 3.12. The van der Waals surface area contributed by atoms with Crippen LogP contribution in [0.3, 0.4) is 0 Å². The van der Waals surface area contributed by atoms with Gasteiger partial charge < -0.3 is 9.47 Å². The van der Waals surface area contributed by atoms with E-state index in [9.17, 15) is 9.59 Å². The maximum atomic E-state index is 12.0. The van der Waals surface area contributed by atoms with Gasteiger partial charge in [0.15, 0.2) is 5.82 Å². The first-order valence-electron chi connectivity index (χ1n) is 5.86. The molecule has 1 aromatic heterocycles. The Bertz CT molecular complexity index is 526. The molecule has 0 bridgehead atoms. The van der Waals surface area contributed by atoms with Gasteiger partial charge >= 0.3 is 12.1 Å². The molecule has 1 heterocycles. The first kappa shape index (κ1) is 16.4. The molecule has 0 fully saturated rings. The van der Waals surface area contributed by atoms with Crippen molar-refractivity contribution in [2.24, 2.45) is 0 Å². The maximum absolute atomic E-state index is 12.0. The molecule has 0 radical (unpaired) electrons. The molecule has 0 saturated carbocycles. The highest BCUT2D eigenvalue weighted by Crippen LogP contribution is 2.23. The van der Waals surface area contributed by atoms with E-state index >= 15 is 0 Å². The van der Waals surface area contributed by atoms with E-state index in [0.29, 0.717) is 4.47 Å². The standard InChI is InChI=1S/C13H17BrN2O4/c1-13(2,3)20-12(18)16(4)10-9(11(17)19-5)6-8(14)7-15-10/h6-7H,1-5H3. The van der Waals surface area contributed by atoms with Crippen LogP contribution >= 0.6 is 15.9 Å². The van der Waals surface area contributed by atoms with E-state index in [1.165, 1.54) is 31.3 Å². The number of nitrogens with zero attached hydrogens (tertiary/aromatic N) is 2. The molecule has 1 rings (SSSR count). The second-order valence-electron chi connectivity index (χ2n) is 5.06. The number of hydrogen-bond donors (Lipinski definition) is 0. The number of carbonyl (C=O) groups is 2. The summed E-state index contributed by atoms with van der Waals surface area (Å²) < 4.78 is 10.5. The van der Waals surface area contributed by atoms with Crippen LogP contribution in [0, 0.1) is 0 Å². The number of carbonyl (C=O) groups excluding carboxylic acids is 2. The average Bonchev–Trinajstić information content (AvgIpc) is 2.34. The number of anilines is 1. The molecule has 0 saturated heterocycles. The Labute approximate surface area is 126 Å². The number of rotatable bonds is 2. The number of methoxy groups -OCH3 is 1. The summed E-state index contributed by atoms with van der Waals surface area (Å²) in [7, 11) is 2.75. The van der Waals surface area contributed by atoms with Crippen LogP contribution in [-0.2, 0) is 9.47 Å². The Morgan fingerprint density at radius 3 is 2.45 bits per heavy atom. The molecular weight excluding hydrogens is 328 g/mol. The lowest BCUT2D eigenvalue weighted by molar-refractivity contribution is 0.0586. The van der Waals surface area contributed by atoms with Crippen LogP contribution in [0.25, 0.3) is 0 Å². The monoisotopic (exact) mass is 344 g/mol. The van der Waals surface area contributed by atoms with Crippen molar-refractivity contribution in [2.45, 2.75) is 26.4 Å². The van der Waals surface area contributed by atoms with E-state index in [4.69, 9.17) is 4.74 Å². The lowest BCUT2D eigenvalue weighted by Gasteiger charge is -2.24. The topological polar surface area (TPSA) is 68.7 Å². The van der Waals surface area contributed by atoms with Gasteiger partial charge in [-0.25, -0.2) is 14.6 Å². The van der Waals surface area contributed by atoms with Gasteiger partial charge in [-0.05, 0) is 42.8 Å². The second-order valence-corrected chi connectivity index (χ2v) is 5.97. The molecule has 1 aromatic rings. The van der Waals surface area contributed by atoms with Gasteiger partial charge in [0.05, 0.1) is 7.11 Å². The molecular formula is C13H17BrN2O4. The first-order chi connectivity index (χ1) is 9.15. The van der Waals surface area contributed by atoms with Gasteiger partial charge in [0, 0.05) is 17.7 Å². The SMILES string of the molecule is COC(=O)c1cc(Br)cnc1N(C)C(=O)OC(C)(C)C. The van der Waals surface area contributed by atoms with E-state index < -0.39 is 17.7 Å². The molecule has 0 atom stereocenters. The van der Waals surface area contributed by atoms with E-state index in [1.807, 2.05) is 0 Å². The largest absolute Gasteiger partial charge is 0.465 e. The van der Waals surface area contributed by atoms with E-state index in [1.54, 1.807) is 20.8 Å². The smallest absolute Gasteiger partial charge is 0.415 e. The quantitative estimate of drug-likeness (QED) is 0.771. The van der Waals surface area contributed by atoms with Crippen LogP contribution in [0.4, 0.5) is 10.6 Å². The van der Waals surface area contributed by atoms with Crippen LogP contribution in [0.2, 0.25) is 0 Å². The third kappa shape index (κ3) is 4.19. The Hall–Kier alpha value is -1.63. The zero-order valence-electron chi connectivity index (χ0n) is 12.1. The molecule has 0 unspecified atom stereocenters. The van der Waals surface area contributed by atoms with Gasteiger partial charge in [0.25, 0.3) is 0 Å². The van der Waals surface area contributed by atoms with Gasteiger partial charge in [-0.15, -0.1) is 0 Å². The van der Waals surface area contributed by atoms with Crippen molar-refractivity contribution >= 4 is 33.8 Å². The summed E-state index contributed by atoms with van der Waals surface area (Å²) in [5.74, 6) is -0.404. The summed E-state index contributed by atoms with van der Waals surface area (Å²) in [6.07, 6.45) is 0.889. The minimum Gasteiger partial charge on any atom is -0.465 e. The predicted octanol–water partition coefficient (Wildman–Crippen LogP) is 3.00. The maximum Gasteiger partial charge on any atom is 0.415 e. The molecule has 0 N–H and O–H groups in total. The number of esters is 1. The van der Waals surface area contributed by atoms with Crippen molar-refractivity contribution in [3.63, 3.8) is 0 Å². The van der Waals surface area contributed by atoms with Crippen LogP contribution in [0.1, 0.15) is 31.1 Å². The fourth-order valence-corrected chi connectivity index (χ4v) is 1.71. The summed E-state index contributed by atoms with van der Waals surface area (Å²) in [4.78, 5) is 29.0. The summed E-state index contributed by atoms with van der Waals surface area (Å²) >= 11 is 3.22. The highest BCUT2D eigenvalue weighted by Gasteiger charge is 2.25. The molecule has 7 heteroatoms. The molecule has 6 nitrogen and oxygen atoms in total. The van der Waals surface area contributed by atoms with Crippen molar-refractivity contribution in [3.05, 3.63) is 22.3 Å². The number of halogens is 1. The van der Waals surface area contributed by atoms with Crippen molar-refractivity contribution in [1.82, 2.24) is 4.98 Å². The minimum absolute atomic E-state index is 0.175. The van der Waals surface area contributed by atoms with Crippen LogP contribution in [0.15, 0.2) is 16.7 Å². The highest BCUT2D eigenvalue weighted by atomic mass is 79.9. The fraction of sp³-hybridized carbons (Fsp3) is 0.462. The van der Waals surface area contributed by atoms with E-state index in [2.05, 4.69) is 25.7 Å². The summed E-state index contributed by atoms with van der Waals surface area (Å²) in [6.45, 7) is 5.28. The molecule has 1 amide bonds. The molecule has 20 heavy (non-hydrogen) atoms. The number of ether oxygens (including phenoxy) is 2. The van der Waals surface area contributed by atoms with Crippen molar-refractivity contribution in [1.29, 1.82) is 0 Å². The average molecular weight is 345 g/mol. The van der Waals surface area contributed by atoms with Gasteiger partial charge in [-0.2, -0.15) is 0 Å². The van der Waals surface area contributed by atoms with Gasteiger partial charge in [0.2, 0.25) is 0 Å². The van der Waals surface area contributed by atoms with Gasteiger partial charge in [-0.3, -0.25) is 4.90 Å². The lowest BCUT2D eigenvalue weighted by atomic mass is 10.2. The van der Waals surface area contributed by atoms with Gasteiger partial charge in [-0.1, -0.05) is 0 Å².